The molecule has 1 aromatic rings. The molecule has 0 aromatic heterocycles. The van der Waals surface area contributed by atoms with Crippen molar-refractivity contribution in [1.82, 2.24) is 16.2 Å². The van der Waals surface area contributed by atoms with E-state index in [1.54, 1.807) is 7.11 Å². The number of amides is 1. The minimum atomic E-state index is -0.139. The number of hydrogen-bond donors (Lipinski definition) is 3. The normalized spacial score (nSPS) is 25.4. The van der Waals surface area contributed by atoms with E-state index < -0.39 is 0 Å². The number of methoxy groups -OCH3 is 1. The van der Waals surface area contributed by atoms with E-state index in [-0.39, 0.29) is 18.0 Å². The SMILES string of the molecule is COc1ccc(C(NC(=O)C2CC(C3CC3)NN2)C(C)C)cc1. The van der Waals surface area contributed by atoms with Gasteiger partial charge in [-0.05, 0) is 48.8 Å². The van der Waals surface area contributed by atoms with Crippen molar-refractivity contribution in [3.63, 3.8) is 0 Å². The molecule has 1 aromatic carbocycles. The van der Waals surface area contributed by atoms with Crippen LogP contribution in [0.15, 0.2) is 24.3 Å². The van der Waals surface area contributed by atoms with Crippen LogP contribution in [0.25, 0.3) is 0 Å². The van der Waals surface area contributed by atoms with Crippen LogP contribution in [0.2, 0.25) is 0 Å². The van der Waals surface area contributed by atoms with E-state index >= 15 is 0 Å². The first kappa shape index (κ1) is 16.3. The Kier molecular flexibility index (Phi) is 4.87. The summed E-state index contributed by atoms with van der Waals surface area (Å²) in [4.78, 5) is 12.6. The fourth-order valence-electron chi connectivity index (χ4n) is 3.26. The molecule has 3 unspecified atom stereocenters. The molecule has 0 radical (unpaired) electrons. The molecule has 2 aliphatic rings. The molecule has 23 heavy (non-hydrogen) atoms. The largest absolute Gasteiger partial charge is 0.497 e. The summed E-state index contributed by atoms with van der Waals surface area (Å²) in [5, 5.41) is 3.21. The Bertz CT molecular complexity index is 540. The standard InChI is InChI=1S/C18H27N3O2/c1-11(2)17(13-6-8-14(23-3)9-7-13)19-18(22)16-10-15(20-21-16)12-4-5-12/h6-9,11-12,15-17,20-21H,4-5,10H2,1-3H3,(H,19,22). The van der Waals surface area contributed by atoms with Gasteiger partial charge in [-0.1, -0.05) is 26.0 Å². The topological polar surface area (TPSA) is 62.4 Å². The highest BCUT2D eigenvalue weighted by atomic mass is 16.5. The Morgan fingerprint density at radius 1 is 1.22 bits per heavy atom. The number of rotatable bonds is 6. The van der Waals surface area contributed by atoms with E-state index in [1.165, 1.54) is 12.8 Å². The van der Waals surface area contributed by atoms with Gasteiger partial charge in [-0.3, -0.25) is 10.2 Å². The second-order valence-electron chi connectivity index (χ2n) is 7.02. The Labute approximate surface area is 138 Å². The lowest BCUT2D eigenvalue weighted by molar-refractivity contribution is -0.124. The van der Waals surface area contributed by atoms with Crippen LogP contribution < -0.4 is 20.9 Å². The van der Waals surface area contributed by atoms with E-state index in [4.69, 9.17) is 4.74 Å². The lowest BCUT2D eigenvalue weighted by atomic mass is 9.95. The zero-order chi connectivity index (χ0) is 16.4. The van der Waals surface area contributed by atoms with Gasteiger partial charge in [-0.15, -0.1) is 0 Å². The first-order chi connectivity index (χ1) is 11.1. The van der Waals surface area contributed by atoms with Crippen LogP contribution in [0.3, 0.4) is 0 Å². The van der Waals surface area contributed by atoms with E-state index in [1.807, 2.05) is 24.3 Å². The molecule has 1 heterocycles. The van der Waals surface area contributed by atoms with E-state index in [0.717, 1.165) is 23.7 Å². The molecule has 3 N–H and O–H groups in total. The van der Waals surface area contributed by atoms with Crippen LogP contribution in [0.4, 0.5) is 0 Å². The number of carbonyl (C=O) groups excluding carboxylic acids is 1. The summed E-state index contributed by atoms with van der Waals surface area (Å²) in [5.74, 6) is 1.98. The molecule has 1 aliphatic carbocycles. The molecule has 1 saturated carbocycles. The van der Waals surface area contributed by atoms with Crippen molar-refractivity contribution in [2.24, 2.45) is 11.8 Å². The maximum atomic E-state index is 12.6. The molecule has 1 aliphatic heterocycles. The highest BCUT2D eigenvalue weighted by molar-refractivity contribution is 5.82. The number of nitrogens with one attached hydrogen (secondary N) is 3. The van der Waals surface area contributed by atoms with Crippen LogP contribution in [-0.4, -0.2) is 25.1 Å². The molecule has 3 rings (SSSR count). The fraction of sp³-hybridized carbons (Fsp3) is 0.611. The van der Waals surface area contributed by atoms with Crippen molar-refractivity contribution < 1.29 is 9.53 Å². The minimum Gasteiger partial charge on any atom is -0.497 e. The summed E-state index contributed by atoms with van der Waals surface area (Å²) in [5.41, 5.74) is 7.55. The molecule has 3 atom stereocenters. The third-order valence-electron chi connectivity index (χ3n) is 4.88. The van der Waals surface area contributed by atoms with Crippen molar-refractivity contribution in [1.29, 1.82) is 0 Å². The van der Waals surface area contributed by atoms with Gasteiger partial charge in [0.05, 0.1) is 13.2 Å². The van der Waals surface area contributed by atoms with Crippen LogP contribution in [0.5, 0.6) is 5.75 Å². The van der Waals surface area contributed by atoms with Gasteiger partial charge in [-0.25, -0.2) is 5.43 Å². The zero-order valence-electron chi connectivity index (χ0n) is 14.1. The summed E-state index contributed by atoms with van der Waals surface area (Å²) in [6.07, 6.45) is 3.45. The first-order valence-electron chi connectivity index (χ1n) is 8.54. The third-order valence-corrected chi connectivity index (χ3v) is 4.88. The summed E-state index contributed by atoms with van der Waals surface area (Å²) < 4.78 is 5.21. The lowest BCUT2D eigenvalue weighted by Gasteiger charge is -2.24. The predicted octanol–water partition coefficient (Wildman–Crippen LogP) is 2.15. The number of hydrazine groups is 1. The van der Waals surface area contributed by atoms with Gasteiger partial charge in [-0.2, -0.15) is 0 Å². The van der Waals surface area contributed by atoms with Gasteiger partial charge >= 0.3 is 0 Å². The Morgan fingerprint density at radius 2 is 1.91 bits per heavy atom. The van der Waals surface area contributed by atoms with E-state index in [2.05, 4.69) is 30.0 Å². The number of carbonyl (C=O) groups is 1. The molecule has 1 amide bonds. The monoisotopic (exact) mass is 317 g/mol. The van der Waals surface area contributed by atoms with Gasteiger partial charge in [0.1, 0.15) is 11.8 Å². The fourth-order valence-corrected chi connectivity index (χ4v) is 3.26. The minimum absolute atomic E-state index is 0.00943. The first-order valence-corrected chi connectivity index (χ1v) is 8.54. The van der Waals surface area contributed by atoms with Crippen molar-refractivity contribution in [2.75, 3.05) is 7.11 Å². The average Bonchev–Trinajstić information content (AvgIpc) is 3.29. The Balaban J connectivity index is 1.63. The number of ether oxygens (including phenoxy) is 1. The molecule has 1 saturated heterocycles. The van der Waals surface area contributed by atoms with Crippen molar-refractivity contribution in [2.45, 2.75) is 51.2 Å². The van der Waals surface area contributed by atoms with E-state index in [0.29, 0.717) is 12.0 Å². The zero-order valence-corrected chi connectivity index (χ0v) is 14.1. The molecule has 5 nitrogen and oxygen atoms in total. The lowest BCUT2D eigenvalue weighted by Crippen LogP contribution is -2.45. The highest BCUT2D eigenvalue weighted by Crippen LogP contribution is 2.35. The molecule has 126 valence electrons. The highest BCUT2D eigenvalue weighted by Gasteiger charge is 2.39. The second kappa shape index (κ2) is 6.89. The molecular weight excluding hydrogens is 290 g/mol. The molecule has 0 bridgehead atoms. The van der Waals surface area contributed by atoms with Crippen molar-refractivity contribution in [3.05, 3.63) is 29.8 Å². The number of benzene rings is 1. The Morgan fingerprint density at radius 3 is 2.48 bits per heavy atom. The smallest absolute Gasteiger partial charge is 0.239 e. The van der Waals surface area contributed by atoms with Crippen LogP contribution in [0, 0.1) is 11.8 Å². The molecular formula is C18H27N3O2. The third kappa shape index (κ3) is 3.85. The van der Waals surface area contributed by atoms with Gasteiger partial charge in [0.25, 0.3) is 0 Å². The molecule has 2 fully saturated rings. The molecule has 0 spiro atoms. The maximum absolute atomic E-state index is 12.6. The Hall–Kier alpha value is -1.59. The maximum Gasteiger partial charge on any atom is 0.239 e. The molecule has 5 heteroatoms. The van der Waals surface area contributed by atoms with Crippen LogP contribution in [-0.2, 0) is 4.79 Å². The van der Waals surface area contributed by atoms with Gasteiger partial charge in [0.2, 0.25) is 5.91 Å². The number of hydrogen-bond acceptors (Lipinski definition) is 4. The second-order valence-corrected chi connectivity index (χ2v) is 7.02. The van der Waals surface area contributed by atoms with Gasteiger partial charge in [0.15, 0.2) is 0 Å². The quantitative estimate of drug-likeness (QED) is 0.752. The van der Waals surface area contributed by atoms with Crippen molar-refractivity contribution >= 4 is 5.91 Å². The summed E-state index contributed by atoms with van der Waals surface area (Å²) >= 11 is 0. The summed E-state index contributed by atoms with van der Waals surface area (Å²) in [7, 11) is 1.66. The average molecular weight is 317 g/mol. The predicted molar refractivity (Wildman–Crippen MR) is 89.9 cm³/mol. The van der Waals surface area contributed by atoms with Gasteiger partial charge < -0.3 is 10.1 Å². The van der Waals surface area contributed by atoms with Crippen molar-refractivity contribution in [3.8, 4) is 5.75 Å². The van der Waals surface area contributed by atoms with Crippen LogP contribution in [0.1, 0.15) is 44.7 Å². The summed E-state index contributed by atoms with van der Waals surface area (Å²) in [6.45, 7) is 4.25. The van der Waals surface area contributed by atoms with Crippen LogP contribution >= 0.6 is 0 Å². The van der Waals surface area contributed by atoms with E-state index in [9.17, 15) is 4.79 Å². The van der Waals surface area contributed by atoms with Gasteiger partial charge in [0, 0.05) is 6.04 Å². The summed E-state index contributed by atoms with van der Waals surface area (Å²) in [6, 6.07) is 8.25.